The molecular weight excluding hydrogens is 284 g/mol. The van der Waals surface area contributed by atoms with Gasteiger partial charge in [0.2, 0.25) is 5.91 Å². The van der Waals surface area contributed by atoms with Gasteiger partial charge in [-0.05, 0) is 31.2 Å². The van der Waals surface area contributed by atoms with Crippen LogP contribution in [0.1, 0.15) is 48.4 Å². The van der Waals surface area contributed by atoms with Gasteiger partial charge in [0.1, 0.15) is 11.5 Å². The number of rotatable bonds is 4. The third-order valence-corrected chi connectivity index (χ3v) is 5.47. The molecule has 1 N–H and O–H groups in total. The maximum Gasteiger partial charge on any atom is 0.231 e. The van der Waals surface area contributed by atoms with Crippen molar-refractivity contribution in [2.24, 2.45) is 0 Å². The minimum absolute atomic E-state index is 0.132. The summed E-state index contributed by atoms with van der Waals surface area (Å²) in [5, 5.41) is 5.13. The Morgan fingerprint density at radius 3 is 2.86 bits per heavy atom. The summed E-state index contributed by atoms with van der Waals surface area (Å²) in [6.07, 6.45) is 6.77. The Morgan fingerprint density at radius 1 is 1.43 bits per heavy atom. The molecule has 5 heteroatoms. The highest BCUT2D eigenvalue weighted by molar-refractivity contribution is 7.10. The van der Waals surface area contributed by atoms with Crippen molar-refractivity contribution in [1.29, 1.82) is 0 Å². The van der Waals surface area contributed by atoms with E-state index in [4.69, 9.17) is 4.42 Å². The van der Waals surface area contributed by atoms with Gasteiger partial charge in [0, 0.05) is 4.88 Å². The first-order valence-corrected chi connectivity index (χ1v) is 8.31. The van der Waals surface area contributed by atoms with Gasteiger partial charge >= 0.3 is 0 Å². The molecule has 3 rings (SSSR count). The van der Waals surface area contributed by atoms with Crippen LogP contribution in [-0.4, -0.2) is 10.9 Å². The average molecular weight is 304 g/mol. The molecule has 2 aromatic heterocycles. The fourth-order valence-corrected chi connectivity index (χ4v) is 4.11. The van der Waals surface area contributed by atoms with Gasteiger partial charge in [-0.15, -0.1) is 11.3 Å². The highest BCUT2D eigenvalue weighted by Gasteiger charge is 2.41. The standard InChI is InChI=1S/C16H20N2O2S/c1-12-13(18-11-20-12)10-17-15(19)16(7-3-2-4-8-16)14-6-5-9-21-14/h5-6,9,11H,2-4,7-8,10H2,1H3,(H,17,19). The fourth-order valence-electron chi connectivity index (χ4n) is 3.12. The van der Waals surface area contributed by atoms with Crippen molar-refractivity contribution in [2.75, 3.05) is 0 Å². The first-order chi connectivity index (χ1) is 10.2. The van der Waals surface area contributed by atoms with Crippen LogP contribution in [0.3, 0.4) is 0 Å². The topological polar surface area (TPSA) is 55.1 Å². The zero-order valence-corrected chi connectivity index (χ0v) is 13.0. The first-order valence-electron chi connectivity index (χ1n) is 7.44. The number of thiophene rings is 1. The predicted molar refractivity (Wildman–Crippen MR) is 82.2 cm³/mol. The Hall–Kier alpha value is -1.62. The molecular formula is C16H20N2O2S. The molecule has 0 unspecified atom stereocenters. The number of nitrogens with zero attached hydrogens (tertiary/aromatic N) is 1. The molecule has 1 amide bonds. The van der Waals surface area contributed by atoms with Crippen molar-refractivity contribution >= 4 is 17.2 Å². The summed E-state index contributed by atoms with van der Waals surface area (Å²) in [7, 11) is 0. The highest BCUT2D eigenvalue weighted by Crippen LogP contribution is 2.41. The van der Waals surface area contributed by atoms with Crippen LogP contribution in [0.15, 0.2) is 28.3 Å². The number of carbonyl (C=O) groups excluding carboxylic acids is 1. The lowest BCUT2D eigenvalue weighted by atomic mass is 9.72. The van der Waals surface area contributed by atoms with E-state index in [-0.39, 0.29) is 11.3 Å². The van der Waals surface area contributed by atoms with Crippen LogP contribution in [0.5, 0.6) is 0 Å². The Balaban J connectivity index is 1.77. The van der Waals surface area contributed by atoms with Crippen LogP contribution >= 0.6 is 11.3 Å². The SMILES string of the molecule is Cc1ocnc1CNC(=O)C1(c2cccs2)CCCCC1. The second kappa shape index (κ2) is 6.02. The molecule has 112 valence electrons. The van der Waals surface area contributed by atoms with E-state index in [1.165, 1.54) is 17.7 Å². The lowest BCUT2D eigenvalue weighted by molar-refractivity contribution is -0.128. The van der Waals surface area contributed by atoms with Crippen molar-refractivity contribution in [3.8, 4) is 0 Å². The molecule has 21 heavy (non-hydrogen) atoms. The summed E-state index contributed by atoms with van der Waals surface area (Å²) in [6, 6.07) is 4.13. The zero-order chi connectivity index (χ0) is 14.7. The molecule has 1 aliphatic carbocycles. The van der Waals surface area contributed by atoms with E-state index in [2.05, 4.69) is 21.7 Å². The molecule has 0 atom stereocenters. The summed E-state index contributed by atoms with van der Waals surface area (Å²) in [6.45, 7) is 2.30. The predicted octanol–water partition coefficient (Wildman–Crippen LogP) is 3.56. The minimum Gasteiger partial charge on any atom is -0.448 e. The van der Waals surface area contributed by atoms with E-state index in [0.717, 1.165) is 37.1 Å². The summed E-state index contributed by atoms with van der Waals surface area (Å²) in [4.78, 5) is 18.2. The Bertz CT molecular complexity index is 598. The molecule has 0 aliphatic heterocycles. The second-order valence-electron chi connectivity index (χ2n) is 5.66. The number of hydrogen-bond acceptors (Lipinski definition) is 4. The van der Waals surface area contributed by atoms with Gasteiger partial charge in [-0.3, -0.25) is 4.79 Å². The van der Waals surface area contributed by atoms with Crippen LogP contribution in [-0.2, 0) is 16.8 Å². The number of nitrogens with one attached hydrogen (secondary N) is 1. The molecule has 0 bridgehead atoms. The Morgan fingerprint density at radius 2 is 2.24 bits per heavy atom. The summed E-state index contributed by atoms with van der Waals surface area (Å²) in [5.74, 6) is 0.899. The van der Waals surface area contributed by atoms with E-state index in [1.54, 1.807) is 11.3 Å². The lowest BCUT2D eigenvalue weighted by Gasteiger charge is -2.35. The van der Waals surface area contributed by atoms with Gasteiger partial charge in [0.15, 0.2) is 6.39 Å². The molecule has 1 aliphatic rings. The molecule has 0 saturated heterocycles. The summed E-state index contributed by atoms with van der Waals surface area (Å²) >= 11 is 1.69. The number of amides is 1. The molecule has 1 fully saturated rings. The maximum absolute atomic E-state index is 12.9. The third kappa shape index (κ3) is 2.75. The van der Waals surface area contributed by atoms with Gasteiger partial charge in [0.05, 0.1) is 12.0 Å². The smallest absolute Gasteiger partial charge is 0.231 e. The summed E-state index contributed by atoms with van der Waals surface area (Å²) < 4.78 is 5.18. The lowest BCUT2D eigenvalue weighted by Crippen LogP contribution is -2.45. The minimum atomic E-state index is -0.343. The van der Waals surface area contributed by atoms with Crippen molar-refractivity contribution in [1.82, 2.24) is 10.3 Å². The van der Waals surface area contributed by atoms with E-state index in [0.29, 0.717) is 6.54 Å². The average Bonchev–Trinajstić information content (AvgIpc) is 3.17. The van der Waals surface area contributed by atoms with Crippen molar-refractivity contribution in [3.05, 3.63) is 40.2 Å². The van der Waals surface area contributed by atoms with Gasteiger partial charge in [-0.1, -0.05) is 25.3 Å². The van der Waals surface area contributed by atoms with E-state index >= 15 is 0 Å². The second-order valence-corrected chi connectivity index (χ2v) is 6.61. The fraction of sp³-hybridized carbons (Fsp3) is 0.500. The number of aromatic nitrogens is 1. The van der Waals surface area contributed by atoms with Crippen LogP contribution in [0.4, 0.5) is 0 Å². The van der Waals surface area contributed by atoms with Crippen LogP contribution in [0.25, 0.3) is 0 Å². The number of carbonyl (C=O) groups is 1. The van der Waals surface area contributed by atoms with E-state index in [1.807, 2.05) is 13.0 Å². The molecule has 0 aromatic carbocycles. The van der Waals surface area contributed by atoms with Gasteiger partial charge in [0.25, 0.3) is 0 Å². The maximum atomic E-state index is 12.9. The van der Waals surface area contributed by atoms with Crippen LogP contribution in [0.2, 0.25) is 0 Å². The highest BCUT2D eigenvalue weighted by atomic mass is 32.1. The van der Waals surface area contributed by atoms with Gasteiger partial charge in [-0.25, -0.2) is 4.98 Å². The number of oxazole rings is 1. The molecule has 1 saturated carbocycles. The van der Waals surface area contributed by atoms with Crippen molar-refractivity contribution < 1.29 is 9.21 Å². The van der Waals surface area contributed by atoms with Gasteiger partial charge in [-0.2, -0.15) is 0 Å². The number of hydrogen-bond donors (Lipinski definition) is 1. The Kier molecular flexibility index (Phi) is 4.10. The molecule has 2 heterocycles. The quantitative estimate of drug-likeness (QED) is 0.939. The monoisotopic (exact) mass is 304 g/mol. The van der Waals surface area contributed by atoms with Crippen LogP contribution in [0, 0.1) is 6.92 Å². The van der Waals surface area contributed by atoms with Gasteiger partial charge < -0.3 is 9.73 Å². The zero-order valence-electron chi connectivity index (χ0n) is 12.2. The largest absolute Gasteiger partial charge is 0.448 e. The van der Waals surface area contributed by atoms with E-state index in [9.17, 15) is 4.79 Å². The molecule has 4 nitrogen and oxygen atoms in total. The molecule has 0 spiro atoms. The number of aryl methyl sites for hydroxylation is 1. The third-order valence-electron chi connectivity index (χ3n) is 4.40. The molecule has 0 radical (unpaired) electrons. The van der Waals surface area contributed by atoms with E-state index < -0.39 is 0 Å². The normalized spacial score (nSPS) is 17.6. The first kappa shape index (κ1) is 14.3. The summed E-state index contributed by atoms with van der Waals surface area (Å²) in [5.41, 5.74) is 0.463. The van der Waals surface area contributed by atoms with Crippen molar-refractivity contribution in [3.63, 3.8) is 0 Å². The van der Waals surface area contributed by atoms with Crippen molar-refractivity contribution in [2.45, 2.75) is 51.0 Å². The molecule has 2 aromatic rings. The van der Waals surface area contributed by atoms with Crippen LogP contribution < -0.4 is 5.32 Å². The Labute approximate surface area is 128 Å².